The van der Waals surface area contributed by atoms with E-state index in [9.17, 15) is 4.79 Å². The summed E-state index contributed by atoms with van der Waals surface area (Å²) in [7, 11) is 0. The summed E-state index contributed by atoms with van der Waals surface area (Å²) in [5, 5.41) is 9.82. The van der Waals surface area contributed by atoms with Gasteiger partial charge in [-0.15, -0.1) is 0 Å². The summed E-state index contributed by atoms with van der Waals surface area (Å²) in [6, 6.07) is 6.54. The van der Waals surface area contributed by atoms with Gasteiger partial charge in [-0.2, -0.15) is 0 Å². The highest BCUT2D eigenvalue weighted by atomic mass is 35.5. The summed E-state index contributed by atoms with van der Waals surface area (Å²) < 4.78 is 6.21. The van der Waals surface area contributed by atoms with Gasteiger partial charge in [0.05, 0.1) is 29.3 Å². The Morgan fingerprint density at radius 3 is 2.56 bits per heavy atom. The van der Waals surface area contributed by atoms with Gasteiger partial charge in [-0.3, -0.25) is 4.79 Å². The highest BCUT2D eigenvalue weighted by Crippen LogP contribution is 2.40. The molecule has 1 N–H and O–H groups in total. The van der Waals surface area contributed by atoms with E-state index in [1.165, 1.54) is 36.9 Å². The molecular weight excluding hydrogens is 362 g/mol. The molecule has 2 aliphatic heterocycles. The van der Waals surface area contributed by atoms with Gasteiger partial charge in [0.2, 0.25) is 0 Å². The lowest BCUT2D eigenvalue weighted by Crippen LogP contribution is -2.49. The molecule has 1 unspecified atom stereocenters. The first kappa shape index (κ1) is 19.1. The number of anilines is 1. The third-order valence-corrected chi connectivity index (χ3v) is 7.19. The molecule has 0 amide bonds. The summed E-state index contributed by atoms with van der Waals surface area (Å²) in [4.78, 5) is 13.3. The lowest BCUT2D eigenvalue weighted by atomic mass is 9.80. The second kappa shape index (κ2) is 8.00. The van der Waals surface area contributed by atoms with E-state index in [1.54, 1.807) is 0 Å². The van der Waals surface area contributed by atoms with Crippen molar-refractivity contribution in [2.75, 3.05) is 24.6 Å². The van der Waals surface area contributed by atoms with E-state index in [2.05, 4.69) is 23.1 Å². The molecular formula is C22H30ClNO3. The van der Waals surface area contributed by atoms with Crippen molar-refractivity contribution >= 4 is 23.3 Å². The Bertz CT molecular complexity index is 670. The predicted octanol–water partition coefficient (Wildman–Crippen LogP) is 4.92. The van der Waals surface area contributed by atoms with Crippen LogP contribution in [-0.2, 0) is 16.0 Å². The number of ether oxygens (including phenoxy) is 1. The molecule has 0 radical (unpaired) electrons. The molecule has 1 saturated carbocycles. The second-order valence-corrected chi connectivity index (χ2v) is 9.18. The molecule has 4 nitrogen and oxygen atoms in total. The Hall–Kier alpha value is -1.26. The largest absolute Gasteiger partial charge is 0.481 e. The molecule has 0 aromatic heterocycles. The fraction of sp³-hybridized carbons (Fsp3) is 0.682. The van der Waals surface area contributed by atoms with Gasteiger partial charge < -0.3 is 14.7 Å². The number of hydrogen-bond donors (Lipinski definition) is 1. The molecule has 27 heavy (non-hydrogen) atoms. The number of nitrogens with zero attached hydrogens (tertiary/aromatic N) is 1. The number of hydrogen-bond acceptors (Lipinski definition) is 3. The fourth-order valence-electron chi connectivity index (χ4n) is 4.83. The number of aliphatic carboxylic acids is 1. The van der Waals surface area contributed by atoms with E-state index < -0.39 is 5.97 Å². The Kier molecular flexibility index (Phi) is 5.65. The maximum Gasteiger partial charge on any atom is 0.303 e. The molecule has 3 fully saturated rings. The minimum absolute atomic E-state index is 0.0540. The van der Waals surface area contributed by atoms with Crippen molar-refractivity contribution in [3.05, 3.63) is 28.8 Å². The summed E-state index contributed by atoms with van der Waals surface area (Å²) in [6.45, 7) is 2.50. The van der Waals surface area contributed by atoms with Crippen LogP contribution in [0.5, 0.6) is 0 Å². The molecule has 2 saturated heterocycles. The average Bonchev–Trinajstić information content (AvgIpc) is 2.62. The monoisotopic (exact) mass is 391 g/mol. The van der Waals surface area contributed by atoms with Crippen LogP contribution in [0.1, 0.15) is 56.9 Å². The van der Waals surface area contributed by atoms with Crippen molar-refractivity contribution in [1.82, 2.24) is 0 Å². The minimum atomic E-state index is -0.717. The summed E-state index contributed by atoms with van der Waals surface area (Å²) >= 11 is 6.53. The Balaban J connectivity index is 1.35. The molecule has 1 aliphatic carbocycles. The van der Waals surface area contributed by atoms with Gasteiger partial charge in [0.25, 0.3) is 0 Å². The zero-order chi connectivity index (χ0) is 18.9. The van der Waals surface area contributed by atoms with Crippen molar-refractivity contribution < 1.29 is 14.6 Å². The number of benzene rings is 1. The number of rotatable bonds is 5. The van der Waals surface area contributed by atoms with E-state index >= 15 is 0 Å². The Morgan fingerprint density at radius 1 is 1.19 bits per heavy atom. The van der Waals surface area contributed by atoms with Crippen LogP contribution in [0.25, 0.3) is 0 Å². The fourth-order valence-corrected chi connectivity index (χ4v) is 5.07. The topological polar surface area (TPSA) is 49.8 Å². The van der Waals surface area contributed by atoms with Crippen LogP contribution in [0.3, 0.4) is 0 Å². The SMILES string of the molecule is O=C(O)CC1CCC2(CCN(c3cc(CC4CCC4)ccc3Cl)CC2)OC1. The summed E-state index contributed by atoms with van der Waals surface area (Å²) in [5.41, 5.74) is 2.52. The van der Waals surface area contributed by atoms with Crippen LogP contribution in [0.2, 0.25) is 5.02 Å². The molecule has 3 aliphatic rings. The lowest BCUT2D eigenvalue weighted by molar-refractivity contribution is -0.145. The van der Waals surface area contributed by atoms with Crippen molar-refractivity contribution in [3.63, 3.8) is 0 Å². The number of carboxylic acid groups (broad SMARTS) is 1. The van der Waals surface area contributed by atoms with Gasteiger partial charge in [-0.1, -0.05) is 36.9 Å². The normalized spacial score (nSPS) is 25.4. The lowest BCUT2D eigenvalue weighted by Gasteiger charge is -2.46. The van der Waals surface area contributed by atoms with Crippen LogP contribution in [0.15, 0.2) is 18.2 Å². The number of halogens is 1. The first-order chi connectivity index (χ1) is 13.0. The number of carboxylic acids is 1. The summed E-state index contributed by atoms with van der Waals surface area (Å²) in [6.07, 6.45) is 9.45. The van der Waals surface area contributed by atoms with E-state index in [4.69, 9.17) is 21.4 Å². The van der Waals surface area contributed by atoms with Crippen molar-refractivity contribution in [2.45, 2.75) is 63.4 Å². The molecule has 0 bridgehead atoms. The van der Waals surface area contributed by atoms with Gasteiger partial charge in [-0.25, -0.2) is 0 Å². The van der Waals surface area contributed by atoms with Crippen molar-refractivity contribution in [3.8, 4) is 0 Å². The second-order valence-electron chi connectivity index (χ2n) is 8.77. The van der Waals surface area contributed by atoms with E-state index in [0.717, 1.165) is 49.7 Å². The highest BCUT2D eigenvalue weighted by Gasteiger charge is 2.40. The maximum absolute atomic E-state index is 10.9. The Morgan fingerprint density at radius 2 is 1.96 bits per heavy atom. The van der Waals surface area contributed by atoms with Crippen LogP contribution in [0.4, 0.5) is 5.69 Å². The molecule has 2 heterocycles. The minimum Gasteiger partial charge on any atom is -0.481 e. The maximum atomic E-state index is 10.9. The van der Waals surface area contributed by atoms with Gasteiger partial charge >= 0.3 is 5.97 Å². The van der Waals surface area contributed by atoms with E-state index in [1.807, 2.05) is 0 Å². The Labute approximate surface area is 166 Å². The molecule has 148 valence electrons. The first-order valence-electron chi connectivity index (χ1n) is 10.4. The predicted molar refractivity (Wildman–Crippen MR) is 108 cm³/mol. The van der Waals surface area contributed by atoms with Crippen LogP contribution >= 0.6 is 11.6 Å². The standard InChI is InChI=1S/C22H30ClNO3/c23-19-5-4-17(12-16-2-1-3-16)13-20(19)24-10-8-22(9-11-24)7-6-18(15-27-22)14-21(25)26/h4-5,13,16,18H,1-3,6-12,14-15H2,(H,25,26). The molecule has 4 rings (SSSR count). The molecule has 1 spiro atoms. The van der Waals surface area contributed by atoms with Crippen LogP contribution < -0.4 is 4.90 Å². The molecule has 1 atom stereocenters. The van der Waals surface area contributed by atoms with Crippen molar-refractivity contribution in [2.24, 2.45) is 11.8 Å². The van der Waals surface area contributed by atoms with E-state index in [-0.39, 0.29) is 17.9 Å². The molecule has 1 aromatic carbocycles. The van der Waals surface area contributed by atoms with Crippen LogP contribution in [-0.4, -0.2) is 36.4 Å². The quantitative estimate of drug-likeness (QED) is 0.773. The zero-order valence-corrected chi connectivity index (χ0v) is 16.7. The first-order valence-corrected chi connectivity index (χ1v) is 10.8. The van der Waals surface area contributed by atoms with E-state index in [0.29, 0.717) is 6.61 Å². The zero-order valence-electron chi connectivity index (χ0n) is 16.0. The van der Waals surface area contributed by atoms with Crippen molar-refractivity contribution in [1.29, 1.82) is 0 Å². The highest BCUT2D eigenvalue weighted by molar-refractivity contribution is 6.33. The van der Waals surface area contributed by atoms with Gasteiger partial charge in [0.1, 0.15) is 0 Å². The molecule has 1 aromatic rings. The number of carbonyl (C=O) groups is 1. The smallest absolute Gasteiger partial charge is 0.303 e. The summed E-state index contributed by atoms with van der Waals surface area (Å²) in [5.74, 6) is 0.313. The third-order valence-electron chi connectivity index (χ3n) is 6.87. The van der Waals surface area contributed by atoms with Gasteiger partial charge in [0.15, 0.2) is 0 Å². The molecule has 5 heteroatoms. The average molecular weight is 392 g/mol. The number of piperidine rings is 1. The van der Waals surface area contributed by atoms with Gasteiger partial charge in [0, 0.05) is 13.1 Å². The third kappa shape index (κ3) is 4.43. The van der Waals surface area contributed by atoms with Crippen LogP contribution in [0, 0.1) is 11.8 Å². The van der Waals surface area contributed by atoms with Gasteiger partial charge in [-0.05, 0) is 61.6 Å².